The molecular formula is C14H19N5S. The van der Waals surface area contributed by atoms with Crippen LogP contribution in [-0.2, 0) is 0 Å². The van der Waals surface area contributed by atoms with Crippen LogP contribution in [0.1, 0.15) is 16.3 Å². The summed E-state index contributed by atoms with van der Waals surface area (Å²) in [6.45, 7) is 10.1. The zero-order chi connectivity index (χ0) is 14.1. The summed E-state index contributed by atoms with van der Waals surface area (Å²) in [5.41, 5.74) is 2.16. The molecule has 1 aliphatic rings. The van der Waals surface area contributed by atoms with Crippen LogP contribution < -0.4 is 9.80 Å². The number of anilines is 2. The van der Waals surface area contributed by atoms with Gasteiger partial charge in [-0.1, -0.05) is 0 Å². The third-order valence-electron chi connectivity index (χ3n) is 3.63. The number of hydrogen-bond acceptors (Lipinski definition) is 6. The SMILES string of the molecule is Cc1ccnc(N2CCN(c3nc(C)c(C)s3)CC2)n1. The van der Waals surface area contributed by atoms with E-state index >= 15 is 0 Å². The third-order valence-corrected chi connectivity index (χ3v) is 4.77. The topological polar surface area (TPSA) is 45.2 Å². The number of aromatic nitrogens is 3. The Kier molecular flexibility index (Phi) is 3.56. The van der Waals surface area contributed by atoms with Crippen LogP contribution in [0.2, 0.25) is 0 Å². The summed E-state index contributed by atoms with van der Waals surface area (Å²) in [5, 5.41) is 1.14. The lowest BCUT2D eigenvalue weighted by molar-refractivity contribution is 0.637. The Morgan fingerprint density at radius 1 is 1.00 bits per heavy atom. The predicted octanol–water partition coefficient (Wildman–Crippen LogP) is 2.18. The van der Waals surface area contributed by atoms with Gasteiger partial charge in [0.05, 0.1) is 5.69 Å². The first kappa shape index (κ1) is 13.3. The fraction of sp³-hybridized carbons (Fsp3) is 0.500. The van der Waals surface area contributed by atoms with E-state index in [0.717, 1.165) is 48.6 Å². The lowest BCUT2D eigenvalue weighted by Crippen LogP contribution is -2.47. The minimum absolute atomic E-state index is 0.844. The Balaban J connectivity index is 1.67. The van der Waals surface area contributed by atoms with E-state index in [1.165, 1.54) is 4.88 Å². The van der Waals surface area contributed by atoms with E-state index in [2.05, 4.69) is 38.6 Å². The number of rotatable bonds is 2. The lowest BCUT2D eigenvalue weighted by Gasteiger charge is -2.34. The molecule has 3 rings (SSSR count). The highest BCUT2D eigenvalue weighted by Gasteiger charge is 2.21. The minimum Gasteiger partial charge on any atom is -0.345 e. The van der Waals surface area contributed by atoms with E-state index in [0.29, 0.717) is 0 Å². The van der Waals surface area contributed by atoms with E-state index in [1.54, 1.807) is 11.3 Å². The van der Waals surface area contributed by atoms with Gasteiger partial charge in [0.1, 0.15) is 0 Å². The molecule has 0 N–H and O–H groups in total. The van der Waals surface area contributed by atoms with E-state index in [1.807, 2.05) is 19.2 Å². The second kappa shape index (κ2) is 5.36. The molecule has 5 nitrogen and oxygen atoms in total. The van der Waals surface area contributed by atoms with Gasteiger partial charge in [-0.05, 0) is 26.8 Å². The Labute approximate surface area is 123 Å². The normalized spacial score (nSPS) is 15.8. The molecule has 1 fully saturated rings. The van der Waals surface area contributed by atoms with Gasteiger partial charge in [0.15, 0.2) is 5.13 Å². The Morgan fingerprint density at radius 2 is 1.70 bits per heavy atom. The van der Waals surface area contributed by atoms with Crippen molar-refractivity contribution in [3.05, 3.63) is 28.5 Å². The van der Waals surface area contributed by atoms with Crippen LogP contribution in [0.5, 0.6) is 0 Å². The van der Waals surface area contributed by atoms with Crippen molar-refractivity contribution in [3.63, 3.8) is 0 Å². The molecule has 0 aromatic carbocycles. The van der Waals surface area contributed by atoms with Gasteiger partial charge in [0, 0.05) is 42.9 Å². The molecule has 6 heteroatoms. The van der Waals surface area contributed by atoms with Crippen LogP contribution >= 0.6 is 11.3 Å². The van der Waals surface area contributed by atoms with Crippen molar-refractivity contribution in [2.45, 2.75) is 20.8 Å². The highest BCUT2D eigenvalue weighted by molar-refractivity contribution is 7.15. The molecule has 0 spiro atoms. The summed E-state index contributed by atoms with van der Waals surface area (Å²) >= 11 is 1.79. The molecule has 2 aromatic rings. The molecule has 0 bridgehead atoms. The quantitative estimate of drug-likeness (QED) is 0.848. The summed E-state index contributed by atoms with van der Waals surface area (Å²) in [6, 6.07) is 1.93. The first-order chi connectivity index (χ1) is 9.63. The number of hydrogen-bond donors (Lipinski definition) is 0. The number of piperazine rings is 1. The second-order valence-corrected chi connectivity index (χ2v) is 6.29. The van der Waals surface area contributed by atoms with Crippen molar-refractivity contribution >= 4 is 22.4 Å². The van der Waals surface area contributed by atoms with Gasteiger partial charge in [0.2, 0.25) is 5.95 Å². The third kappa shape index (κ3) is 2.60. The fourth-order valence-electron chi connectivity index (χ4n) is 2.28. The summed E-state index contributed by atoms with van der Waals surface area (Å²) in [7, 11) is 0. The number of thiazole rings is 1. The summed E-state index contributed by atoms with van der Waals surface area (Å²) in [5.74, 6) is 0.844. The van der Waals surface area contributed by atoms with Crippen molar-refractivity contribution in [2.75, 3.05) is 36.0 Å². The van der Waals surface area contributed by atoms with Gasteiger partial charge in [0.25, 0.3) is 0 Å². The molecule has 0 amide bonds. The van der Waals surface area contributed by atoms with E-state index in [9.17, 15) is 0 Å². The molecular weight excluding hydrogens is 270 g/mol. The zero-order valence-corrected chi connectivity index (χ0v) is 12.9. The predicted molar refractivity (Wildman–Crippen MR) is 82.8 cm³/mol. The van der Waals surface area contributed by atoms with Gasteiger partial charge in [-0.3, -0.25) is 0 Å². The molecule has 106 valence electrons. The second-order valence-electron chi connectivity index (χ2n) is 5.11. The molecule has 1 saturated heterocycles. The largest absolute Gasteiger partial charge is 0.345 e. The highest BCUT2D eigenvalue weighted by Crippen LogP contribution is 2.26. The molecule has 2 aromatic heterocycles. The van der Waals surface area contributed by atoms with E-state index < -0.39 is 0 Å². The zero-order valence-electron chi connectivity index (χ0n) is 12.1. The average Bonchev–Trinajstić information content (AvgIpc) is 2.79. The van der Waals surface area contributed by atoms with Crippen LogP contribution in [0, 0.1) is 20.8 Å². The fourth-order valence-corrected chi connectivity index (χ4v) is 3.24. The maximum atomic E-state index is 4.64. The van der Waals surface area contributed by atoms with Gasteiger partial charge >= 0.3 is 0 Å². The lowest BCUT2D eigenvalue weighted by atomic mass is 10.3. The summed E-state index contributed by atoms with van der Waals surface area (Å²) in [6.07, 6.45) is 1.83. The van der Waals surface area contributed by atoms with Crippen molar-refractivity contribution in [1.29, 1.82) is 0 Å². The maximum Gasteiger partial charge on any atom is 0.225 e. The first-order valence-corrected chi connectivity index (χ1v) is 7.69. The molecule has 0 saturated carbocycles. The molecule has 0 aliphatic carbocycles. The molecule has 0 unspecified atom stereocenters. The van der Waals surface area contributed by atoms with Crippen molar-refractivity contribution in [1.82, 2.24) is 15.0 Å². The smallest absolute Gasteiger partial charge is 0.225 e. The molecule has 3 heterocycles. The number of aryl methyl sites for hydroxylation is 3. The molecule has 0 atom stereocenters. The van der Waals surface area contributed by atoms with Gasteiger partial charge < -0.3 is 9.80 Å². The average molecular weight is 289 g/mol. The Hall–Kier alpha value is -1.69. The van der Waals surface area contributed by atoms with Gasteiger partial charge in [-0.25, -0.2) is 15.0 Å². The summed E-state index contributed by atoms with van der Waals surface area (Å²) < 4.78 is 0. The number of nitrogens with zero attached hydrogens (tertiary/aromatic N) is 5. The molecule has 1 aliphatic heterocycles. The highest BCUT2D eigenvalue weighted by atomic mass is 32.1. The van der Waals surface area contributed by atoms with Crippen molar-refractivity contribution < 1.29 is 0 Å². The van der Waals surface area contributed by atoms with Crippen LogP contribution in [0.25, 0.3) is 0 Å². The van der Waals surface area contributed by atoms with Crippen LogP contribution in [0.15, 0.2) is 12.3 Å². The van der Waals surface area contributed by atoms with E-state index in [-0.39, 0.29) is 0 Å². The van der Waals surface area contributed by atoms with Crippen molar-refractivity contribution in [3.8, 4) is 0 Å². The van der Waals surface area contributed by atoms with Gasteiger partial charge in [-0.15, -0.1) is 11.3 Å². The van der Waals surface area contributed by atoms with Crippen LogP contribution in [0.4, 0.5) is 11.1 Å². The Morgan fingerprint density at radius 3 is 2.30 bits per heavy atom. The first-order valence-electron chi connectivity index (χ1n) is 6.87. The molecule has 0 radical (unpaired) electrons. The Bertz CT molecular complexity index is 582. The van der Waals surface area contributed by atoms with Gasteiger partial charge in [-0.2, -0.15) is 0 Å². The van der Waals surface area contributed by atoms with Crippen LogP contribution in [-0.4, -0.2) is 41.1 Å². The maximum absolute atomic E-state index is 4.64. The monoisotopic (exact) mass is 289 g/mol. The van der Waals surface area contributed by atoms with Crippen molar-refractivity contribution in [2.24, 2.45) is 0 Å². The summed E-state index contributed by atoms with van der Waals surface area (Å²) in [4.78, 5) is 19.4. The minimum atomic E-state index is 0.844. The standard InChI is InChI=1S/C14H19N5S/c1-10-4-5-15-13(16-10)18-6-8-19(9-7-18)14-17-11(2)12(3)20-14/h4-5H,6-9H2,1-3H3. The molecule has 20 heavy (non-hydrogen) atoms. The van der Waals surface area contributed by atoms with Crippen LogP contribution in [0.3, 0.4) is 0 Å². The van der Waals surface area contributed by atoms with E-state index in [4.69, 9.17) is 0 Å².